The highest BCUT2D eigenvalue weighted by Crippen LogP contribution is 2.43. The van der Waals surface area contributed by atoms with E-state index in [1.54, 1.807) is 28.4 Å². The van der Waals surface area contributed by atoms with Crippen LogP contribution in [-0.2, 0) is 10.1 Å². The van der Waals surface area contributed by atoms with Crippen LogP contribution in [0.15, 0.2) is 72.8 Å². The van der Waals surface area contributed by atoms with E-state index in [9.17, 15) is 18.0 Å². The van der Waals surface area contributed by atoms with Gasteiger partial charge in [0.05, 0.1) is 46.9 Å². The Balaban J connectivity index is 0.00000146. The Morgan fingerprint density at radius 1 is 0.531 bits per heavy atom. The Bertz CT molecular complexity index is 2070. The highest BCUT2D eigenvalue weighted by Gasteiger charge is 2.25. The molecule has 4 aromatic carbocycles. The first-order valence-corrected chi connectivity index (χ1v) is 23.4. The van der Waals surface area contributed by atoms with Gasteiger partial charge < -0.3 is 38.2 Å². The molecular weight excluding hydrogens is 841 g/mol. The van der Waals surface area contributed by atoms with Crippen molar-refractivity contribution in [2.24, 2.45) is 0 Å². The molecule has 0 aromatic heterocycles. The van der Waals surface area contributed by atoms with Crippen molar-refractivity contribution in [2.75, 3.05) is 100 Å². The van der Waals surface area contributed by atoms with Gasteiger partial charge in [-0.1, -0.05) is 24.3 Å². The molecule has 1 N–H and O–H groups in total. The van der Waals surface area contributed by atoms with Crippen LogP contribution in [0, 0.1) is 0 Å². The van der Waals surface area contributed by atoms with Crippen molar-refractivity contribution in [2.45, 2.75) is 46.3 Å². The number of hydrogen-bond acceptors (Lipinski definition) is 12. The molecule has 4 aromatic rings. The Kier molecular flexibility index (Phi) is 17.7. The number of methoxy groups -OCH3 is 4. The van der Waals surface area contributed by atoms with Crippen LogP contribution in [-0.4, -0.2) is 157 Å². The molecule has 348 valence electrons. The molecule has 0 atom stereocenters. The van der Waals surface area contributed by atoms with Crippen molar-refractivity contribution < 1.29 is 51.0 Å². The van der Waals surface area contributed by atoms with E-state index in [-0.39, 0.29) is 24.0 Å². The predicted octanol–water partition coefficient (Wildman–Crippen LogP) is 6.74. The highest BCUT2D eigenvalue weighted by molar-refractivity contribution is 7.85. The van der Waals surface area contributed by atoms with Gasteiger partial charge in [-0.05, 0) is 118 Å². The zero-order valence-electron chi connectivity index (χ0n) is 38.6. The lowest BCUT2D eigenvalue weighted by Crippen LogP contribution is -2.50. The molecule has 6 rings (SSSR count). The second-order valence-electron chi connectivity index (χ2n) is 16.3. The fraction of sp³-hybridized carbons (Fsp3) is 0.458. The quantitative estimate of drug-likeness (QED) is 0.118. The molecule has 0 saturated carbocycles. The van der Waals surface area contributed by atoms with Gasteiger partial charge in [0.25, 0.3) is 21.9 Å². The van der Waals surface area contributed by atoms with Gasteiger partial charge in [0.15, 0.2) is 23.0 Å². The van der Waals surface area contributed by atoms with Gasteiger partial charge in [0, 0.05) is 63.5 Å². The summed E-state index contributed by atoms with van der Waals surface area (Å²) >= 11 is 0. The number of nitrogens with zero attached hydrogens (tertiary/aromatic N) is 4. The predicted molar refractivity (Wildman–Crippen MR) is 248 cm³/mol. The van der Waals surface area contributed by atoms with E-state index < -0.39 is 10.1 Å². The molecule has 0 unspecified atom stereocenters. The summed E-state index contributed by atoms with van der Waals surface area (Å²) in [5.74, 6) is 3.65. The van der Waals surface area contributed by atoms with E-state index in [2.05, 4.69) is 9.80 Å². The molecule has 2 fully saturated rings. The number of carbonyl (C=O) groups excluding carboxylic acids is 2. The van der Waals surface area contributed by atoms with Gasteiger partial charge in [-0.3, -0.25) is 23.9 Å². The largest absolute Gasteiger partial charge is 0.493 e. The van der Waals surface area contributed by atoms with Crippen LogP contribution < -0.4 is 28.4 Å². The molecule has 0 aliphatic carbocycles. The molecule has 2 aliphatic rings. The first-order chi connectivity index (χ1) is 30.5. The second-order valence-corrected chi connectivity index (χ2v) is 17.7. The van der Waals surface area contributed by atoms with E-state index in [0.29, 0.717) is 78.1 Å². The van der Waals surface area contributed by atoms with Crippen molar-refractivity contribution in [3.63, 3.8) is 0 Å². The topological polar surface area (TPSA) is 157 Å². The molecule has 0 spiro atoms. The molecular formula is C48H64N4O11S. The molecule has 2 aliphatic heterocycles. The molecule has 2 saturated heterocycles. The van der Waals surface area contributed by atoms with Gasteiger partial charge in [-0.15, -0.1) is 0 Å². The maximum atomic E-state index is 13.4. The van der Waals surface area contributed by atoms with Gasteiger partial charge >= 0.3 is 0 Å². The third kappa shape index (κ3) is 13.7. The standard InChI is InChI=1S/C47H60N4O8.CH4O3S/c1-32(2)58-44-40(54-5)28-38(29-41(44)55-6)34-10-14-36(15-11-34)46(52)50-24-20-48(21-25-50)18-9-19-49-22-26-51(27-23-49)47(53)37-16-12-35(13-17-37)39-30-42(56-7)45(59-33(3)4)43(31-39)57-8;1-5(2,3)4/h10-17,28-33H,9,18-27H2,1-8H3;1H3,(H,2,3,4). The maximum Gasteiger partial charge on any atom is 0.261 e. The van der Waals surface area contributed by atoms with E-state index in [1.807, 2.05) is 110 Å². The normalized spacial score (nSPS) is 14.8. The Labute approximate surface area is 378 Å². The van der Waals surface area contributed by atoms with Crippen LogP contribution in [0.4, 0.5) is 0 Å². The van der Waals surface area contributed by atoms with Crippen molar-refractivity contribution >= 4 is 21.9 Å². The summed E-state index contributed by atoms with van der Waals surface area (Å²) in [4.78, 5) is 35.7. The average Bonchev–Trinajstić information content (AvgIpc) is 3.28. The molecule has 15 nitrogen and oxygen atoms in total. The number of ether oxygens (including phenoxy) is 6. The number of hydrogen-bond donors (Lipinski definition) is 1. The fourth-order valence-corrected chi connectivity index (χ4v) is 7.64. The third-order valence-electron chi connectivity index (χ3n) is 10.8. The highest BCUT2D eigenvalue weighted by atomic mass is 32.2. The number of carbonyl (C=O) groups is 2. The monoisotopic (exact) mass is 904 g/mol. The minimum atomic E-state index is -3.67. The molecule has 2 amide bonds. The lowest BCUT2D eigenvalue weighted by molar-refractivity contribution is 0.0606. The van der Waals surface area contributed by atoms with Crippen molar-refractivity contribution in [3.8, 4) is 56.8 Å². The van der Waals surface area contributed by atoms with Crippen LogP contribution in [0.25, 0.3) is 22.3 Å². The molecule has 0 radical (unpaired) electrons. The number of piperazine rings is 2. The van der Waals surface area contributed by atoms with Crippen LogP contribution in [0.1, 0.15) is 54.8 Å². The van der Waals surface area contributed by atoms with Crippen LogP contribution in [0.5, 0.6) is 34.5 Å². The summed E-state index contributed by atoms with van der Waals surface area (Å²) in [5.41, 5.74) is 5.10. The summed E-state index contributed by atoms with van der Waals surface area (Å²) < 4.78 is 60.2. The van der Waals surface area contributed by atoms with E-state index >= 15 is 0 Å². The van der Waals surface area contributed by atoms with Gasteiger partial charge in [0.2, 0.25) is 11.5 Å². The lowest BCUT2D eigenvalue weighted by atomic mass is 10.0. The summed E-state index contributed by atoms with van der Waals surface area (Å²) in [6.07, 6.45) is 1.71. The zero-order valence-corrected chi connectivity index (χ0v) is 39.4. The average molecular weight is 905 g/mol. The first kappa shape index (κ1) is 49.5. The van der Waals surface area contributed by atoms with E-state index in [0.717, 1.165) is 67.9 Å². The number of rotatable bonds is 16. The van der Waals surface area contributed by atoms with E-state index in [4.69, 9.17) is 33.0 Å². The molecule has 16 heteroatoms. The second kappa shape index (κ2) is 22.9. The summed E-state index contributed by atoms with van der Waals surface area (Å²) in [7, 11) is 2.80. The molecule has 0 bridgehead atoms. The molecule has 2 heterocycles. The SMILES string of the molecule is COc1cc(-c2ccc(C(=O)N3CCN(CCCN4CCN(C(=O)c5ccc(-c6cc(OC)c(OC(C)C)c(OC)c6)cc5)CC4)CC3)cc2)cc(OC)c1OC(C)C.CS(=O)(=O)O. The fourth-order valence-electron chi connectivity index (χ4n) is 7.64. The molecule has 64 heavy (non-hydrogen) atoms. The number of amides is 2. The maximum absolute atomic E-state index is 13.4. The lowest BCUT2D eigenvalue weighted by Gasteiger charge is -2.37. The zero-order chi connectivity index (χ0) is 46.6. The minimum absolute atomic E-state index is 0.0285. The van der Waals surface area contributed by atoms with Crippen molar-refractivity contribution in [1.29, 1.82) is 0 Å². The Morgan fingerprint density at radius 2 is 0.812 bits per heavy atom. The minimum Gasteiger partial charge on any atom is -0.493 e. The van der Waals surface area contributed by atoms with Crippen LogP contribution in [0.3, 0.4) is 0 Å². The third-order valence-corrected chi connectivity index (χ3v) is 10.8. The van der Waals surface area contributed by atoms with Crippen LogP contribution >= 0.6 is 0 Å². The van der Waals surface area contributed by atoms with Gasteiger partial charge in [-0.25, -0.2) is 0 Å². The van der Waals surface area contributed by atoms with Gasteiger partial charge in [-0.2, -0.15) is 8.42 Å². The van der Waals surface area contributed by atoms with Crippen LogP contribution in [0.2, 0.25) is 0 Å². The smallest absolute Gasteiger partial charge is 0.261 e. The van der Waals surface area contributed by atoms with Crippen molar-refractivity contribution in [1.82, 2.24) is 19.6 Å². The Hall–Kier alpha value is -5.55. The summed E-state index contributed by atoms with van der Waals surface area (Å²) in [6.45, 7) is 16.1. The van der Waals surface area contributed by atoms with Crippen molar-refractivity contribution in [3.05, 3.63) is 83.9 Å². The summed E-state index contributed by atoms with van der Waals surface area (Å²) in [5, 5.41) is 0. The van der Waals surface area contributed by atoms with E-state index in [1.165, 1.54) is 0 Å². The number of benzene rings is 4. The van der Waals surface area contributed by atoms with Gasteiger partial charge in [0.1, 0.15) is 0 Å². The first-order valence-electron chi connectivity index (χ1n) is 21.5. The Morgan fingerprint density at radius 3 is 1.06 bits per heavy atom. The summed E-state index contributed by atoms with van der Waals surface area (Å²) in [6, 6.07) is 23.2.